The highest BCUT2D eigenvalue weighted by Gasteiger charge is 2.17. The third-order valence-corrected chi connectivity index (χ3v) is 3.11. The number of methoxy groups -OCH3 is 3. The van der Waals surface area contributed by atoms with E-state index in [0.29, 0.717) is 21.9 Å². The zero-order chi connectivity index (χ0) is 12.4. The van der Waals surface area contributed by atoms with Gasteiger partial charge in [-0.1, -0.05) is 0 Å². The molecule has 1 aromatic carbocycles. The van der Waals surface area contributed by atoms with Crippen molar-refractivity contribution in [3.63, 3.8) is 0 Å². The molecule has 17 heavy (non-hydrogen) atoms. The first-order valence-electron chi connectivity index (χ1n) is 4.96. The van der Waals surface area contributed by atoms with Crippen molar-refractivity contribution in [3.8, 4) is 17.2 Å². The molecule has 0 spiro atoms. The molecule has 1 heterocycles. The molecule has 0 atom stereocenters. The summed E-state index contributed by atoms with van der Waals surface area (Å²) in [6.45, 7) is 0. The first-order valence-corrected chi connectivity index (χ1v) is 5.75. The van der Waals surface area contributed by atoms with E-state index in [-0.39, 0.29) is 0 Å². The van der Waals surface area contributed by atoms with Crippen LogP contribution in [0.3, 0.4) is 0 Å². The van der Waals surface area contributed by atoms with Gasteiger partial charge in [-0.2, -0.15) is 0 Å². The summed E-state index contributed by atoms with van der Waals surface area (Å²) in [4.78, 5) is 4.19. The molecule has 0 amide bonds. The van der Waals surface area contributed by atoms with E-state index in [0.717, 1.165) is 10.8 Å². The predicted molar refractivity (Wildman–Crippen MR) is 69.1 cm³/mol. The molecule has 0 aliphatic heterocycles. The molecule has 0 bridgehead atoms. The topological polar surface area (TPSA) is 40.6 Å². The van der Waals surface area contributed by atoms with Gasteiger partial charge in [0.05, 0.1) is 26.7 Å². The van der Waals surface area contributed by atoms with Crippen LogP contribution in [0.25, 0.3) is 10.8 Å². The Labute approximate surface area is 108 Å². The number of fused-ring (bicyclic) bond motifs is 1. The van der Waals surface area contributed by atoms with Crippen LogP contribution in [0.5, 0.6) is 17.2 Å². The number of aromatic nitrogens is 1. The summed E-state index contributed by atoms with van der Waals surface area (Å²) in [7, 11) is 4.77. The number of pyridine rings is 1. The minimum atomic E-state index is 0.566. The summed E-state index contributed by atoms with van der Waals surface area (Å²) in [6.07, 6.45) is 1.72. The maximum atomic E-state index is 5.40. The highest BCUT2D eigenvalue weighted by atomic mass is 79.9. The highest BCUT2D eigenvalue weighted by molar-refractivity contribution is 9.10. The van der Waals surface area contributed by atoms with Gasteiger partial charge in [-0.3, -0.25) is 0 Å². The van der Waals surface area contributed by atoms with E-state index < -0.39 is 0 Å². The second-order valence-corrected chi connectivity index (χ2v) is 4.10. The Balaban J connectivity index is 2.90. The first kappa shape index (κ1) is 12.0. The summed E-state index contributed by atoms with van der Waals surface area (Å²) in [6, 6.07) is 3.79. The average molecular weight is 298 g/mol. The van der Waals surface area contributed by atoms with E-state index in [4.69, 9.17) is 14.2 Å². The number of hydrogen-bond donors (Lipinski definition) is 0. The number of halogens is 1. The van der Waals surface area contributed by atoms with Gasteiger partial charge < -0.3 is 14.2 Å². The molecule has 2 rings (SSSR count). The lowest BCUT2D eigenvalue weighted by Crippen LogP contribution is -1.96. The lowest BCUT2D eigenvalue weighted by atomic mass is 10.1. The maximum Gasteiger partial charge on any atom is 0.204 e. The molecule has 90 valence electrons. The number of ether oxygens (including phenoxy) is 3. The molecule has 4 nitrogen and oxygen atoms in total. The zero-order valence-corrected chi connectivity index (χ0v) is 11.4. The Morgan fingerprint density at radius 2 is 1.76 bits per heavy atom. The smallest absolute Gasteiger partial charge is 0.204 e. The first-order chi connectivity index (χ1) is 8.22. The van der Waals surface area contributed by atoms with Crippen molar-refractivity contribution >= 4 is 26.7 Å². The van der Waals surface area contributed by atoms with Gasteiger partial charge in [-0.05, 0) is 33.4 Å². The van der Waals surface area contributed by atoms with E-state index in [1.54, 1.807) is 27.5 Å². The number of benzene rings is 1. The Kier molecular flexibility index (Phi) is 3.38. The van der Waals surface area contributed by atoms with Crippen molar-refractivity contribution in [3.05, 3.63) is 22.9 Å². The van der Waals surface area contributed by atoms with Gasteiger partial charge in [-0.25, -0.2) is 4.98 Å². The summed E-state index contributed by atoms with van der Waals surface area (Å²) >= 11 is 3.41. The van der Waals surface area contributed by atoms with Gasteiger partial charge in [0.25, 0.3) is 0 Å². The average Bonchev–Trinajstić information content (AvgIpc) is 2.36. The fraction of sp³-hybridized carbons (Fsp3) is 0.250. The molecule has 2 aromatic rings. The van der Waals surface area contributed by atoms with Crippen molar-refractivity contribution in [2.75, 3.05) is 21.3 Å². The summed E-state index contributed by atoms with van der Waals surface area (Å²) in [5.41, 5.74) is 0. The van der Waals surface area contributed by atoms with Gasteiger partial charge in [0, 0.05) is 6.20 Å². The van der Waals surface area contributed by atoms with Gasteiger partial charge in [-0.15, -0.1) is 0 Å². The maximum absolute atomic E-state index is 5.40. The van der Waals surface area contributed by atoms with Crippen LogP contribution in [0.1, 0.15) is 0 Å². The summed E-state index contributed by atoms with van der Waals surface area (Å²) in [5.74, 6) is 1.81. The predicted octanol–water partition coefficient (Wildman–Crippen LogP) is 3.02. The lowest BCUT2D eigenvalue weighted by Gasteiger charge is -2.15. The quantitative estimate of drug-likeness (QED) is 0.817. The van der Waals surface area contributed by atoms with Crippen molar-refractivity contribution in [1.82, 2.24) is 4.98 Å². The largest absolute Gasteiger partial charge is 0.493 e. The highest BCUT2D eigenvalue weighted by Crippen LogP contribution is 2.45. The van der Waals surface area contributed by atoms with Crippen LogP contribution < -0.4 is 14.2 Å². The Bertz CT molecular complexity index is 557. The standard InChI is InChI=1S/C12H12BrNO3/c1-15-8-6-7-4-5-14-12(13)9(7)11(17-3)10(8)16-2/h4-6H,1-3H3. The summed E-state index contributed by atoms with van der Waals surface area (Å²) < 4.78 is 16.7. The molecular weight excluding hydrogens is 286 g/mol. The van der Waals surface area contributed by atoms with E-state index in [9.17, 15) is 0 Å². The molecule has 0 radical (unpaired) electrons. The third-order valence-electron chi connectivity index (χ3n) is 2.51. The van der Waals surface area contributed by atoms with Crippen LogP contribution in [0.15, 0.2) is 22.9 Å². The monoisotopic (exact) mass is 297 g/mol. The van der Waals surface area contributed by atoms with E-state index in [2.05, 4.69) is 20.9 Å². The van der Waals surface area contributed by atoms with Crippen molar-refractivity contribution < 1.29 is 14.2 Å². The molecule has 0 fully saturated rings. The van der Waals surface area contributed by atoms with Crippen LogP contribution in [0.4, 0.5) is 0 Å². The van der Waals surface area contributed by atoms with Crippen LogP contribution >= 0.6 is 15.9 Å². The number of nitrogens with zero attached hydrogens (tertiary/aromatic N) is 1. The van der Waals surface area contributed by atoms with Crippen LogP contribution in [0, 0.1) is 0 Å². The van der Waals surface area contributed by atoms with Crippen LogP contribution in [-0.4, -0.2) is 26.3 Å². The lowest BCUT2D eigenvalue weighted by molar-refractivity contribution is 0.327. The van der Waals surface area contributed by atoms with Crippen molar-refractivity contribution in [2.45, 2.75) is 0 Å². The Morgan fingerprint density at radius 1 is 1.06 bits per heavy atom. The molecule has 0 aliphatic rings. The zero-order valence-electron chi connectivity index (χ0n) is 9.78. The van der Waals surface area contributed by atoms with Crippen molar-refractivity contribution in [1.29, 1.82) is 0 Å². The van der Waals surface area contributed by atoms with E-state index >= 15 is 0 Å². The van der Waals surface area contributed by atoms with Crippen molar-refractivity contribution in [2.24, 2.45) is 0 Å². The second kappa shape index (κ2) is 4.79. The molecule has 5 heteroatoms. The Hall–Kier alpha value is -1.49. The second-order valence-electron chi connectivity index (χ2n) is 3.35. The van der Waals surface area contributed by atoms with Gasteiger partial charge in [0.1, 0.15) is 4.60 Å². The van der Waals surface area contributed by atoms with E-state index in [1.165, 1.54) is 0 Å². The molecule has 1 aromatic heterocycles. The molecule has 0 aliphatic carbocycles. The fourth-order valence-corrected chi connectivity index (χ4v) is 2.29. The minimum Gasteiger partial charge on any atom is -0.493 e. The van der Waals surface area contributed by atoms with Crippen LogP contribution in [0.2, 0.25) is 0 Å². The van der Waals surface area contributed by atoms with Gasteiger partial charge in [0.15, 0.2) is 11.5 Å². The molecule has 0 N–H and O–H groups in total. The van der Waals surface area contributed by atoms with Gasteiger partial charge in [0.2, 0.25) is 5.75 Å². The molecular formula is C12H12BrNO3. The third kappa shape index (κ3) is 1.91. The SMILES string of the molecule is COc1cc2ccnc(Br)c2c(OC)c1OC. The molecule has 0 saturated heterocycles. The normalized spacial score (nSPS) is 10.4. The van der Waals surface area contributed by atoms with E-state index in [1.807, 2.05) is 12.1 Å². The fourth-order valence-electron chi connectivity index (χ4n) is 1.77. The number of hydrogen-bond acceptors (Lipinski definition) is 4. The number of rotatable bonds is 3. The summed E-state index contributed by atoms with van der Waals surface area (Å²) in [5, 5.41) is 1.84. The van der Waals surface area contributed by atoms with Gasteiger partial charge >= 0.3 is 0 Å². The molecule has 0 saturated carbocycles. The minimum absolute atomic E-state index is 0.566. The van der Waals surface area contributed by atoms with Crippen LogP contribution in [-0.2, 0) is 0 Å². The molecule has 0 unspecified atom stereocenters. The Morgan fingerprint density at radius 3 is 2.35 bits per heavy atom.